The summed E-state index contributed by atoms with van der Waals surface area (Å²) in [4.78, 5) is 17.9. The van der Waals surface area contributed by atoms with Crippen molar-refractivity contribution in [2.24, 2.45) is 5.92 Å². The van der Waals surface area contributed by atoms with Crippen molar-refractivity contribution in [1.82, 2.24) is 19.6 Å². The summed E-state index contributed by atoms with van der Waals surface area (Å²) in [7, 11) is 2.22. The molecule has 1 aromatic carbocycles. The Kier molecular flexibility index (Phi) is 5.70. The fourth-order valence-corrected chi connectivity index (χ4v) is 6.42. The molecule has 3 atom stereocenters. The molecule has 1 amide bonds. The highest BCUT2D eigenvalue weighted by Gasteiger charge is 2.42. The van der Waals surface area contributed by atoms with E-state index in [1.807, 2.05) is 0 Å². The van der Waals surface area contributed by atoms with Gasteiger partial charge < -0.3 is 9.80 Å². The Hall–Kier alpha value is -2.35. The Bertz CT molecular complexity index is 1100. The van der Waals surface area contributed by atoms with Gasteiger partial charge in [0, 0.05) is 37.5 Å². The van der Waals surface area contributed by atoms with E-state index in [1.54, 1.807) is 23.2 Å². The molecule has 0 N–H and O–H groups in total. The molecule has 2 aromatic rings. The van der Waals surface area contributed by atoms with Gasteiger partial charge in [-0.15, -0.1) is 0 Å². The molecular formula is C27H33F3N4O. The van der Waals surface area contributed by atoms with Crippen LogP contribution in [0.2, 0.25) is 0 Å². The number of carbonyl (C=O) groups is 1. The number of hydrogen-bond acceptors (Lipinski definition) is 3. The molecule has 4 fully saturated rings. The summed E-state index contributed by atoms with van der Waals surface area (Å²) in [6.45, 7) is 1.84. The molecule has 5 nitrogen and oxygen atoms in total. The monoisotopic (exact) mass is 486 g/mol. The number of rotatable bonds is 5. The lowest BCUT2D eigenvalue weighted by atomic mass is 9.93. The average Bonchev–Trinajstić information content (AvgIpc) is 3.77. The van der Waals surface area contributed by atoms with Gasteiger partial charge in [0.1, 0.15) is 0 Å². The van der Waals surface area contributed by atoms with E-state index >= 15 is 0 Å². The molecule has 2 aliphatic heterocycles. The SMILES string of the molecule is CN1CC[C@@H](n2ncc(C(=O)N3CCC(c4ccccc4C(F)(F)F)C3)c2C2CC2)CC1C1CC1. The molecule has 0 bridgehead atoms. The molecule has 6 rings (SSSR count). The van der Waals surface area contributed by atoms with E-state index in [0.29, 0.717) is 48.6 Å². The maximum absolute atomic E-state index is 13.6. The molecular weight excluding hydrogens is 453 g/mol. The summed E-state index contributed by atoms with van der Waals surface area (Å²) < 4.78 is 42.8. The first-order valence-corrected chi connectivity index (χ1v) is 13.0. The standard InChI is InChI=1S/C27H33F3N4O/c1-32-12-11-20(14-24(32)17-6-7-17)34-25(18-8-9-18)22(15-31-34)26(35)33-13-10-19(16-33)21-4-2-3-5-23(21)27(28,29)30/h2-5,15,17-20,24H,6-14,16H2,1H3/t19?,20-,24?/m1/s1. The number of nitrogens with zero attached hydrogens (tertiary/aromatic N) is 4. The number of amides is 1. The average molecular weight is 487 g/mol. The molecule has 2 saturated carbocycles. The van der Waals surface area contributed by atoms with Crippen LogP contribution < -0.4 is 0 Å². The van der Waals surface area contributed by atoms with Gasteiger partial charge in [0.25, 0.3) is 5.91 Å². The van der Waals surface area contributed by atoms with E-state index in [2.05, 4.69) is 16.6 Å². The Labute approximate surface area is 204 Å². The summed E-state index contributed by atoms with van der Waals surface area (Å²) in [5, 5.41) is 4.76. The zero-order chi connectivity index (χ0) is 24.3. The molecule has 4 aliphatic rings. The van der Waals surface area contributed by atoms with Gasteiger partial charge in [-0.25, -0.2) is 0 Å². The van der Waals surface area contributed by atoms with Gasteiger partial charge >= 0.3 is 6.18 Å². The minimum Gasteiger partial charge on any atom is -0.338 e. The van der Waals surface area contributed by atoms with Crippen LogP contribution in [0.4, 0.5) is 13.2 Å². The second-order valence-electron chi connectivity index (χ2n) is 11.0. The minimum absolute atomic E-state index is 0.0724. The van der Waals surface area contributed by atoms with Gasteiger partial charge in [-0.2, -0.15) is 18.3 Å². The number of likely N-dealkylation sites (tertiary alicyclic amines) is 2. The van der Waals surface area contributed by atoms with E-state index in [0.717, 1.165) is 49.9 Å². The van der Waals surface area contributed by atoms with E-state index in [1.165, 1.54) is 18.9 Å². The lowest BCUT2D eigenvalue weighted by Gasteiger charge is -2.38. The Morgan fingerprint density at radius 1 is 1.00 bits per heavy atom. The molecule has 1 aromatic heterocycles. The molecule has 0 radical (unpaired) electrons. The Morgan fingerprint density at radius 3 is 2.49 bits per heavy atom. The summed E-state index contributed by atoms with van der Waals surface area (Å²) in [5.74, 6) is 0.797. The van der Waals surface area contributed by atoms with Gasteiger partial charge in [-0.3, -0.25) is 9.48 Å². The van der Waals surface area contributed by atoms with Gasteiger partial charge in [0.2, 0.25) is 0 Å². The highest BCUT2D eigenvalue weighted by molar-refractivity contribution is 5.95. The second kappa shape index (κ2) is 8.64. The van der Waals surface area contributed by atoms with Crippen LogP contribution in [-0.2, 0) is 6.18 Å². The highest BCUT2D eigenvalue weighted by atomic mass is 19.4. The molecule has 2 saturated heterocycles. The zero-order valence-electron chi connectivity index (χ0n) is 20.2. The fourth-order valence-electron chi connectivity index (χ4n) is 6.42. The van der Waals surface area contributed by atoms with E-state index in [4.69, 9.17) is 5.10 Å². The van der Waals surface area contributed by atoms with Crippen LogP contribution in [0.3, 0.4) is 0 Å². The van der Waals surface area contributed by atoms with E-state index in [9.17, 15) is 18.0 Å². The van der Waals surface area contributed by atoms with Gasteiger partial charge in [-0.05, 0) is 69.5 Å². The van der Waals surface area contributed by atoms with Crippen molar-refractivity contribution in [2.75, 3.05) is 26.7 Å². The maximum atomic E-state index is 13.6. The summed E-state index contributed by atoms with van der Waals surface area (Å²) in [6, 6.07) is 6.70. The van der Waals surface area contributed by atoms with Crippen molar-refractivity contribution in [3.8, 4) is 0 Å². The number of halogens is 3. The minimum atomic E-state index is -4.39. The maximum Gasteiger partial charge on any atom is 0.416 e. The smallest absolute Gasteiger partial charge is 0.338 e. The molecule has 8 heteroatoms. The van der Waals surface area contributed by atoms with Gasteiger partial charge in [0.15, 0.2) is 0 Å². The first-order chi connectivity index (χ1) is 16.8. The Balaban J connectivity index is 1.22. The quantitative estimate of drug-likeness (QED) is 0.564. The van der Waals surface area contributed by atoms with Crippen LogP contribution in [0.25, 0.3) is 0 Å². The van der Waals surface area contributed by atoms with Crippen LogP contribution in [-0.4, -0.2) is 58.2 Å². The second-order valence-corrected chi connectivity index (χ2v) is 11.0. The van der Waals surface area contributed by atoms with Crippen LogP contribution in [0.15, 0.2) is 30.5 Å². The summed E-state index contributed by atoms with van der Waals surface area (Å²) >= 11 is 0. The molecule has 35 heavy (non-hydrogen) atoms. The molecule has 188 valence electrons. The summed E-state index contributed by atoms with van der Waals surface area (Å²) in [5.41, 5.74) is 1.45. The molecule has 2 unspecified atom stereocenters. The predicted molar refractivity (Wildman–Crippen MR) is 126 cm³/mol. The Morgan fingerprint density at radius 2 is 1.77 bits per heavy atom. The lowest BCUT2D eigenvalue weighted by Crippen LogP contribution is -2.42. The topological polar surface area (TPSA) is 41.4 Å². The number of aromatic nitrogens is 2. The number of carbonyl (C=O) groups excluding carboxylic acids is 1. The highest BCUT2D eigenvalue weighted by Crippen LogP contribution is 2.46. The molecule has 3 heterocycles. The van der Waals surface area contributed by atoms with E-state index in [-0.39, 0.29) is 11.8 Å². The van der Waals surface area contributed by atoms with Crippen LogP contribution in [0, 0.1) is 5.92 Å². The van der Waals surface area contributed by atoms with Crippen LogP contribution >= 0.6 is 0 Å². The largest absolute Gasteiger partial charge is 0.416 e. The van der Waals surface area contributed by atoms with Crippen molar-refractivity contribution >= 4 is 5.91 Å². The van der Waals surface area contributed by atoms with Gasteiger partial charge in [0.05, 0.1) is 29.1 Å². The number of hydrogen-bond donors (Lipinski definition) is 0. The fraction of sp³-hybridized carbons (Fsp3) is 0.630. The van der Waals surface area contributed by atoms with Crippen LogP contribution in [0.5, 0.6) is 0 Å². The normalized spacial score (nSPS) is 28.0. The number of benzene rings is 1. The summed E-state index contributed by atoms with van der Waals surface area (Å²) in [6.07, 6.45) is 4.78. The van der Waals surface area contributed by atoms with E-state index < -0.39 is 11.7 Å². The first kappa shape index (κ1) is 23.1. The van der Waals surface area contributed by atoms with Crippen molar-refractivity contribution < 1.29 is 18.0 Å². The first-order valence-electron chi connectivity index (χ1n) is 13.0. The van der Waals surface area contributed by atoms with Crippen LogP contribution in [0.1, 0.15) is 90.0 Å². The third-order valence-electron chi connectivity index (χ3n) is 8.62. The molecule has 2 aliphatic carbocycles. The number of alkyl halides is 3. The van der Waals surface area contributed by atoms with Crippen molar-refractivity contribution in [3.05, 3.63) is 52.8 Å². The number of piperidine rings is 1. The van der Waals surface area contributed by atoms with Crippen molar-refractivity contribution in [2.45, 2.75) is 75.0 Å². The third-order valence-corrected chi connectivity index (χ3v) is 8.62. The third kappa shape index (κ3) is 4.39. The zero-order valence-corrected chi connectivity index (χ0v) is 20.2. The van der Waals surface area contributed by atoms with Gasteiger partial charge in [-0.1, -0.05) is 18.2 Å². The van der Waals surface area contributed by atoms with Crippen molar-refractivity contribution in [3.63, 3.8) is 0 Å². The molecule has 0 spiro atoms. The van der Waals surface area contributed by atoms with Crippen molar-refractivity contribution in [1.29, 1.82) is 0 Å². The lowest BCUT2D eigenvalue weighted by molar-refractivity contribution is -0.138. The predicted octanol–water partition coefficient (Wildman–Crippen LogP) is 5.45.